The minimum absolute atomic E-state index is 0.173. The van der Waals surface area contributed by atoms with Gasteiger partial charge in [0.2, 0.25) is 0 Å². The number of aromatic nitrogens is 3. The number of para-hydroxylation sites is 1. The van der Waals surface area contributed by atoms with E-state index in [1.807, 2.05) is 18.5 Å². The molecule has 0 saturated heterocycles. The zero-order valence-electron chi connectivity index (χ0n) is 11.2. The van der Waals surface area contributed by atoms with E-state index < -0.39 is 5.97 Å². The molecule has 6 nitrogen and oxygen atoms in total. The Labute approximate surface area is 120 Å². The number of nitrogens with zero attached hydrogens (tertiary/aromatic N) is 3. The number of hydrogen-bond donors (Lipinski definition) is 1. The van der Waals surface area contributed by atoms with E-state index in [9.17, 15) is 4.79 Å². The molecule has 1 aromatic heterocycles. The van der Waals surface area contributed by atoms with E-state index in [4.69, 9.17) is 9.84 Å². The molecule has 2 rings (SSSR count). The second kappa shape index (κ2) is 6.42. The van der Waals surface area contributed by atoms with E-state index in [1.165, 1.54) is 17.8 Å². The second-order valence-corrected chi connectivity index (χ2v) is 5.15. The van der Waals surface area contributed by atoms with E-state index in [2.05, 4.69) is 10.2 Å². The average Bonchev–Trinajstić information content (AvgIpc) is 2.75. The number of aromatic carboxylic acids is 1. The zero-order valence-corrected chi connectivity index (χ0v) is 12.1. The standard InChI is InChI=1S/C13H15N3O3S/c1-9-14-15-13(16(9)2)20-8-7-19-11-6-4-3-5-10(11)12(17)18/h3-6H,7-8H2,1-2H3,(H,17,18). The minimum Gasteiger partial charge on any atom is -0.492 e. The van der Waals surface area contributed by atoms with Gasteiger partial charge in [-0.05, 0) is 19.1 Å². The van der Waals surface area contributed by atoms with E-state index in [-0.39, 0.29) is 5.56 Å². The summed E-state index contributed by atoms with van der Waals surface area (Å²) in [6, 6.07) is 6.60. The van der Waals surface area contributed by atoms with Crippen LogP contribution in [-0.2, 0) is 7.05 Å². The molecule has 0 radical (unpaired) electrons. The maximum absolute atomic E-state index is 11.0. The summed E-state index contributed by atoms with van der Waals surface area (Å²) in [7, 11) is 1.90. The first kappa shape index (κ1) is 14.4. The van der Waals surface area contributed by atoms with Gasteiger partial charge in [-0.2, -0.15) is 0 Å². The molecule has 106 valence electrons. The van der Waals surface area contributed by atoms with Crippen molar-refractivity contribution in [3.05, 3.63) is 35.7 Å². The number of thioether (sulfide) groups is 1. The van der Waals surface area contributed by atoms with E-state index in [0.717, 1.165) is 11.0 Å². The van der Waals surface area contributed by atoms with Gasteiger partial charge in [0.1, 0.15) is 17.1 Å². The van der Waals surface area contributed by atoms with Crippen molar-refractivity contribution in [3.8, 4) is 5.75 Å². The van der Waals surface area contributed by atoms with Gasteiger partial charge < -0.3 is 14.4 Å². The van der Waals surface area contributed by atoms with Crippen molar-refractivity contribution in [2.24, 2.45) is 7.05 Å². The first-order valence-corrected chi connectivity index (χ1v) is 7.02. The summed E-state index contributed by atoms with van der Waals surface area (Å²) >= 11 is 1.52. The van der Waals surface area contributed by atoms with Gasteiger partial charge in [0.15, 0.2) is 5.16 Å². The van der Waals surface area contributed by atoms with Crippen molar-refractivity contribution in [2.75, 3.05) is 12.4 Å². The van der Waals surface area contributed by atoms with Crippen LogP contribution in [0.3, 0.4) is 0 Å². The predicted molar refractivity (Wildman–Crippen MR) is 75.4 cm³/mol. The Balaban J connectivity index is 1.88. The highest BCUT2D eigenvalue weighted by Crippen LogP contribution is 2.19. The quantitative estimate of drug-likeness (QED) is 0.648. The molecule has 0 atom stereocenters. The number of benzene rings is 1. The maximum Gasteiger partial charge on any atom is 0.339 e. The molecule has 1 heterocycles. The molecule has 1 N–H and O–H groups in total. The summed E-state index contributed by atoms with van der Waals surface area (Å²) in [4.78, 5) is 11.0. The fraction of sp³-hybridized carbons (Fsp3) is 0.308. The topological polar surface area (TPSA) is 77.2 Å². The molecular formula is C13H15N3O3S. The van der Waals surface area contributed by atoms with Crippen molar-refractivity contribution in [1.29, 1.82) is 0 Å². The number of ether oxygens (including phenoxy) is 1. The third-order valence-electron chi connectivity index (χ3n) is 2.74. The summed E-state index contributed by atoms with van der Waals surface area (Å²) < 4.78 is 7.41. The van der Waals surface area contributed by atoms with Crippen LogP contribution >= 0.6 is 11.8 Å². The van der Waals surface area contributed by atoms with Crippen LogP contribution in [0.15, 0.2) is 29.4 Å². The lowest BCUT2D eigenvalue weighted by Crippen LogP contribution is -2.06. The Kier molecular flexibility index (Phi) is 4.62. The summed E-state index contributed by atoms with van der Waals surface area (Å²) in [6.45, 7) is 2.29. The highest BCUT2D eigenvalue weighted by molar-refractivity contribution is 7.99. The fourth-order valence-electron chi connectivity index (χ4n) is 1.57. The third-order valence-corrected chi connectivity index (χ3v) is 3.73. The largest absolute Gasteiger partial charge is 0.492 e. The van der Waals surface area contributed by atoms with Crippen LogP contribution in [0.4, 0.5) is 0 Å². The molecule has 0 bridgehead atoms. The SMILES string of the molecule is Cc1nnc(SCCOc2ccccc2C(=O)O)n1C. The van der Waals surface area contributed by atoms with Crippen LogP contribution < -0.4 is 4.74 Å². The molecule has 0 spiro atoms. The Morgan fingerprint density at radius 1 is 1.40 bits per heavy atom. The van der Waals surface area contributed by atoms with Gasteiger partial charge in [-0.25, -0.2) is 4.79 Å². The smallest absolute Gasteiger partial charge is 0.339 e. The number of hydrogen-bond acceptors (Lipinski definition) is 5. The summed E-state index contributed by atoms with van der Waals surface area (Å²) in [5, 5.41) is 17.8. The monoisotopic (exact) mass is 293 g/mol. The molecule has 0 aliphatic heterocycles. The average molecular weight is 293 g/mol. The Morgan fingerprint density at radius 3 is 2.80 bits per heavy atom. The van der Waals surface area contributed by atoms with E-state index in [1.54, 1.807) is 18.2 Å². The second-order valence-electron chi connectivity index (χ2n) is 4.09. The summed E-state index contributed by atoms with van der Waals surface area (Å²) in [5.41, 5.74) is 0.173. The van der Waals surface area contributed by atoms with Gasteiger partial charge in [0.05, 0.1) is 6.61 Å². The first-order chi connectivity index (χ1) is 9.59. The molecule has 0 fully saturated rings. The normalized spacial score (nSPS) is 10.5. The lowest BCUT2D eigenvalue weighted by molar-refractivity contribution is 0.0692. The summed E-state index contributed by atoms with van der Waals surface area (Å²) in [6.07, 6.45) is 0. The van der Waals surface area contributed by atoms with Crippen molar-refractivity contribution in [3.63, 3.8) is 0 Å². The first-order valence-electron chi connectivity index (χ1n) is 6.03. The van der Waals surface area contributed by atoms with Crippen LogP contribution in [0.2, 0.25) is 0 Å². The van der Waals surface area contributed by atoms with Gasteiger partial charge in [0, 0.05) is 12.8 Å². The molecule has 0 aliphatic rings. The van der Waals surface area contributed by atoms with Crippen LogP contribution in [0.25, 0.3) is 0 Å². The Hall–Kier alpha value is -2.02. The lowest BCUT2D eigenvalue weighted by Gasteiger charge is -2.08. The number of carboxylic acids is 1. The van der Waals surface area contributed by atoms with Gasteiger partial charge in [-0.15, -0.1) is 10.2 Å². The summed E-state index contributed by atoms with van der Waals surface area (Å²) in [5.74, 6) is 0.913. The van der Waals surface area contributed by atoms with Gasteiger partial charge >= 0.3 is 5.97 Å². The molecule has 1 aromatic carbocycles. The molecule has 0 unspecified atom stereocenters. The van der Waals surface area contributed by atoms with Gasteiger partial charge in [-0.1, -0.05) is 23.9 Å². The number of carboxylic acid groups (broad SMARTS) is 1. The van der Waals surface area contributed by atoms with Gasteiger partial charge in [-0.3, -0.25) is 0 Å². The molecule has 0 saturated carbocycles. The fourth-order valence-corrected chi connectivity index (χ4v) is 2.34. The number of rotatable bonds is 6. The van der Waals surface area contributed by atoms with Crippen LogP contribution in [0.5, 0.6) is 5.75 Å². The van der Waals surface area contributed by atoms with Crippen LogP contribution in [0, 0.1) is 6.92 Å². The Morgan fingerprint density at radius 2 is 2.15 bits per heavy atom. The van der Waals surface area contributed by atoms with Crippen molar-refractivity contribution >= 4 is 17.7 Å². The third kappa shape index (κ3) is 3.30. The molecular weight excluding hydrogens is 278 g/mol. The number of carbonyl (C=O) groups is 1. The maximum atomic E-state index is 11.0. The molecule has 20 heavy (non-hydrogen) atoms. The molecule has 0 aliphatic carbocycles. The highest BCUT2D eigenvalue weighted by atomic mass is 32.2. The van der Waals surface area contributed by atoms with Crippen LogP contribution in [-0.4, -0.2) is 38.2 Å². The van der Waals surface area contributed by atoms with Crippen molar-refractivity contribution in [2.45, 2.75) is 12.1 Å². The van der Waals surface area contributed by atoms with E-state index in [0.29, 0.717) is 18.1 Å². The number of aryl methyl sites for hydroxylation is 1. The Bertz CT molecular complexity index is 613. The lowest BCUT2D eigenvalue weighted by atomic mass is 10.2. The molecule has 7 heteroatoms. The highest BCUT2D eigenvalue weighted by Gasteiger charge is 2.10. The molecule has 2 aromatic rings. The predicted octanol–water partition coefficient (Wildman–Crippen LogP) is 1.99. The minimum atomic E-state index is -0.989. The van der Waals surface area contributed by atoms with E-state index >= 15 is 0 Å². The van der Waals surface area contributed by atoms with Crippen molar-refractivity contribution < 1.29 is 14.6 Å². The van der Waals surface area contributed by atoms with Crippen molar-refractivity contribution in [1.82, 2.24) is 14.8 Å². The van der Waals surface area contributed by atoms with Crippen LogP contribution in [0.1, 0.15) is 16.2 Å². The zero-order chi connectivity index (χ0) is 14.5. The van der Waals surface area contributed by atoms with Gasteiger partial charge in [0.25, 0.3) is 0 Å². The molecule has 0 amide bonds.